The van der Waals surface area contributed by atoms with Gasteiger partial charge in [-0.3, -0.25) is 4.79 Å². The fourth-order valence-electron chi connectivity index (χ4n) is 7.56. The lowest BCUT2D eigenvalue weighted by Gasteiger charge is -2.48. The van der Waals surface area contributed by atoms with Crippen molar-refractivity contribution in [2.24, 2.45) is 11.8 Å². The molecule has 2 saturated carbocycles. The van der Waals surface area contributed by atoms with E-state index in [1.165, 1.54) is 83.5 Å². The SMILES string of the molecule is O=C1CNCC2NC3(C4CCCCCCCCC4)CCCCC3C2N1c1ccccc1. The molecular weight excluding hydrogens is 382 g/mol. The summed E-state index contributed by atoms with van der Waals surface area (Å²) in [6.45, 7) is 1.36. The molecule has 2 aliphatic carbocycles. The van der Waals surface area contributed by atoms with Gasteiger partial charge in [0.2, 0.25) is 5.91 Å². The van der Waals surface area contributed by atoms with Crippen LogP contribution < -0.4 is 15.5 Å². The quantitative estimate of drug-likeness (QED) is 0.701. The Kier molecular flexibility index (Phi) is 6.66. The zero-order chi connectivity index (χ0) is 21.1. The predicted octanol–water partition coefficient (Wildman–Crippen LogP) is 5.03. The molecule has 2 N–H and O–H groups in total. The van der Waals surface area contributed by atoms with Crippen molar-refractivity contribution >= 4 is 11.6 Å². The number of hydrogen-bond acceptors (Lipinski definition) is 3. The highest BCUT2D eigenvalue weighted by Crippen LogP contribution is 2.51. The summed E-state index contributed by atoms with van der Waals surface area (Å²) in [6.07, 6.45) is 17.8. The van der Waals surface area contributed by atoms with Gasteiger partial charge in [0.1, 0.15) is 0 Å². The highest BCUT2D eigenvalue weighted by Gasteiger charge is 2.59. The third-order valence-corrected chi connectivity index (χ3v) is 8.87. The van der Waals surface area contributed by atoms with Crippen LogP contribution in [0.1, 0.15) is 83.5 Å². The fraction of sp³-hybridized carbons (Fsp3) is 0.741. The third-order valence-electron chi connectivity index (χ3n) is 8.87. The second-order valence-electron chi connectivity index (χ2n) is 10.6. The average Bonchev–Trinajstić information content (AvgIpc) is 3.04. The Morgan fingerprint density at radius 2 is 1.52 bits per heavy atom. The number of anilines is 1. The maximum absolute atomic E-state index is 13.3. The van der Waals surface area contributed by atoms with E-state index in [9.17, 15) is 4.79 Å². The van der Waals surface area contributed by atoms with Crippen molar-refractivity contribution in [1.29, 1.82) is 0 Å². The number of rotatable bonds is 2. The predicted molar refractivity (Wildman–Crippen MR) is 127 cm³/mol. The van der Waals surface area contributed by atoms with E-state index in [0.29, 0.717) is 18.5 Å². The molecule has 0 aromatic heterocycles. The van der Waals surface area contributed by atoms with Gasteiger partial charge in [0.25, 0.3) is 0 Å². The lowest BCUT2D eigenvalue weighted by Crippen LogP contribution is -2.56. The molecule has 2 heterocycles. The summed E-state index contributed by atoms with van der Waals surface area (Å²) < 4.78 is 0. The summed E-state index contributed by atoms with van der Waals surface area (Å²) >= 11 is 0. The number of carbonyl (C=O) groups is 1. The largest absolute Gasteiger partial charge is 0.307 e. The first-order chi connectivity index (χ1) is 15.3. The van der Waals surface area contributed by atoms with E-state index in [-0.39, 0.29) is 17.5 Å². The number of amides is 1. The van der Waals surface area contributed by atoms with Crippen molar-refractivity contribution in [3.63, 3.8) is 0 Å². The molecule has 0 bridgehead atoms. The molecule has 31 heavy (non-hydrogen) atoms. The number of hydrogen-bond donors (Lipinski definition) is 2. The Morgan fingerprint density at radius 3 is 2.26 bits per heavy atom. The number of para-hydroxylation sites is 1. The van der Waals surface area contributed by atoms with E-state index in [1.54, 1.807) is 0 Å². The summed E-state index contributed by atoms with van der Waals surface area (Å²) in [5.74, 6) is 1.58. The summed E-state index contributed by atoms with van der Waals surface area (Å²) in [5, 5.41) is 7.75. The van der Waals surface area contributed by atoms with Crippen LogP contribution in [0.25, 0.3) is 0 Å². The molecule has 4 unspecified atom stereocenters. The minimum atomic E-state index is 0.221. The first-order valence-electron chi connectivity index (χ1n) is 13.2. The topological polar surface area (TPSA) is 44.4 Å². The molecule has 5 rings (SSSR count). The second-order valence-corrected chi connectivity index (χ2v) is 10.6. The molecule has 4 heteroatoms. The van der Waals surface area contributed by atoms with Crippen LogP contribution in [-0.2, 0) is 4.79 Å². The van der Waals surface area contributed by atoms with E-state index in [1.807, 2.05) is 0 Å². The molecule has 2 aliphatic heterocycles. The number of carbonyl (C=O) groups excluding carboxylic acids is 1. The van der Waals surface area contributed by atoms with Gasteiger partial charge in [-0.25, -0.2) is 0 Å². The summed E-state index contributed by atoms with van der Waals surface area (Å²) in [5.41, 5.74) is 1.30. The van der Waals surface area contributed by atoms with Gasteiger partial charge in [0.15, 0.2) is 0 Å². The van der Waals surface area contributed by atoms with Gasteiger partial charge in [-0.15, -0.1) is 0 Å². The van der Waals surface area contributed by atoms with Crippen LogP contribution in [0.2, 0.25) is 0 Å². The van der Waals surface area contributed by atoms with Gasteiger partial charge in [-0.2, -0.15) is 0 Å². The van der Waals surface area contributed by atoms with Gasteiger partial charge < -0.3 is 15.5 Å². The minimum absolute atomic E-state index is 0.221. The second kappa shape index (κ2) is 9.62. The minimum Gasteiger partial charge on any atom is -0.307 e. The fourth-order valence-corrected chi connectivity index (χ4v) is 7.56. The molecule has 4 fully saturated rings. The third kappa shape index (κ3) is 4.18. The zero-order valence-electron chi connectivity index (χ0n) is 19.2. The molecule has 4 nitrogen and oxygen atoms in total. The summed E-state index contributed by atoms with van der Waals surface area (Å²) in [6, 6.07) is 11.1. The van der Waals surface area contributed by atoms with Crippen molar-refractivity contribution in [2.75, 3.05) is 18.0 Å². The van der Waals surface area contributed by atoms with E-state index in [4.69, 9.17) is 0 Å². The molecule has 0 radical (unpaired) electrons. The molecule has 1 aromatic carbocycles. The van der Waals surface area contributed by atoms with Crippen LogP contribution >= 0.6 is 0 Å². The first-order valence-corrected chi connectivity index (χ1v) is 13.2. The van der Waals surface area contributed by atoms with Gasteiger partial charge in [0, 0.05) is 23.8 Å². The van der Waals surface area contributed by atoms with Crippen molar-refractivity contribution < 1.29 is 4.79 Å². The maximum Gasteiger partial charge on any atom is 0.241 e. The van der Waals surface area contributed by atoms with Crippen LogP contribution in [0.15, 0.2) is 30.3 Å². The van der Waals surface area contributed by atoms with E-state index in [2.05, 4.69) is 45.9 Å². The monoisotopic (exact) mass is 423 g/mol. The zero-order valence-corrected chi connectivity index (χ0v) is 19.2. The van der Waals surface area contributed by atoms with Gasteiger partial charge >= 0.3 is 0 Å². The number of fused-ring (bicyclic) bond motifs is 3. The van der Waals surface area contributed by atoms with E-state index < -0.39 is 0 Å². The number of benzene rings is 1. The van der Waals surface area contributed by atoms with Crippen LogP contribution in [0.4, 0.5) is 5.69 Å². The highest BCUT2D eigenvalue weighted by atomic mass is 16.2. The molecule has 1 aromatic rings. The highest BCUT2D eigenvalue weighted by molar-refractivity contribution is 5.96. The normalized spacial score (nSPS) is 35.8. The van der Waals surface area contributed by atoms with Crippen molar-refractivity contribution in [3.05, 3.63) is 30.3 Å². The summed E-state index contributed by atoms with van der Waals surface area (Å²) in [7, 11) is 0. The smallest absolute Gasteiger partial charge is 0.241 e. The molecule has 0 spiro atoms. The molecule has 2 saturated heterocycles. The lowest BCUT2D eigenvalue weighted by molar-refractivity contribution is -0.118. The van der Waals surface area contributed by atoms with Gasteiger partial charge in [0.05, 0.1) is 12.6 Å². The molecular formula is C27H41N3O. The maximum atomic E-state index is 13.3. The van der Waals surface area contributed by atoms with Crippen molar-refractivity contribution in [1.82, 2.24) is 10.6 Å². The molecule has 4 aliphatic rings. The number of nitrogens with one attached hydrogen (secondary N) is 2. The van der Waals surface area contributed by atoms with Gasteiger partial charge in [-0.05, 0) is 49.7 Å². The van der Waals surface area contributed by atoms with Crippen LogP contribution in [0, 0.1) is 11.8 Å². The van der Waals surface area contributed by atoms with E-state index >= 15 is 0 Å². The van der Waals surface area contributed by atoms with Crippen LogP contribution in [-0.4, -0.2) is 36.6 Å². The van der Waals surface area contributed by atoms with Crippen molar-refractivity contribution in [3.8, 4) is 0 Å². The standard InChI is InChI=1S/C27H41N3O/c31-25-20-28-19-24-26(30(25)22-15-9-6-10-16-22)23-17-11-12-18-27(23,29-24)21-13-7-4-2-1-3-5-8-14-21/h6,9-10,15-16,21,23-24,26,28-29H,1-5,7-8,11-14,17-20H2. The molecule has 4 atom stereocenters. The van der Waals surface area contributed by atoms with E-state index in [0.717, 1.165) is 18.2 Å². The molecule has 170 valence electrons. The Labute approximate surface area is 188 Å². The first kappa shape index (κ1) is 21.5. The Bertz CT molecular complexity index is 727. The Hall–Kier alpha value is -1.39. The summed E-state index contributed by atoms with van der Waals surface area (Å²) in [4.78, 5) is 15.5. The van der Waals surface area contributed by atoms with Crippen LogP contribution in [0.3, 0.4) is 0 Å². The van der Waals surface area contributed by atoms with Gasteiger partial charge in [-0.1, -0.05) is 76.0 Å². The number of nitrogens with zero attached hydrogens (tertiary/aromatic N) is 1. The Balaban J connectivity index is 1.49. The van der Waals surface area contributed by atoms with Crippen LogP contribution in [0.5, 0.6) is 0 Å². The molecule has 1 amide bonds. The van der Waals surface area contributed by atoms with Crippen molar-refractivity contribution in [2.45, 2.75) is 101 Å². The lowest BCUT2D eigenvalue weighted by atomic mass is 9.63. The average molecular weight is 424 g/mol. The Morgan fingerprint density at radius 1 is 0.839 bits per heavy atom.